The molecule has 0 amide bonds. The Kier molecular flexibility index (Phi) is 5.44. The molecule has 2 rings (SSSR count). The van der Waals surface area contributed by atoms with E-state index in [1.54, 1.807) is 32.2 Å². The number of hydrogen-bond acceptors (Lipinski definition) is 5. The minimum Gasteiger partial charge on any atom is -0.489 e. The van der Waals surface area contributed by atoms with Crippen LogP contribution < -0.4 is 10.5 Å². The minimum absolute atomic E-state index is 0.0560. The van der Waals surface area contributed by atoms with E-state index in [0.29, 0.717) is 23.6 Å². The lowest BCUT2D eigenvalue weighted by molar-refractivity contribution is 0.0201. The lowest BCUT2D eigenvalue weighted by Crippen LogP contribution is -2.30. The van der Waals surface area contributed by atoms with Crippen molar-refractivity contribution in [3.8, 4) is 5.75 Å². The summed E-state index contributed by atoms with van der Waals surface area (Å²) in [6.45, 7) is 2.09. The van der Waals surface area contributed by atoms with Gasteiger partial charge in [-0.25, -0.2) is 4.79 Å². The Bertz CT molecular complexity index is 489. The number of esters is 1. The highest BCUT2D eigenvalue weighted by Gasteiger charge is 2.25. The third-order valence-corrected chi connectivity index (χ3v) is 3.70. The van der Waals surface area contributed by atoms with Gasteiger partial charge >= 0.3 is 5.97 Å². The highest BCUT2D eigenvalue weighted by Crippen LogP contribution is 2.29. The van der Waals surface area contributed by atoms with Gasteiger partial charge in [0.15, 0.2) is 0 Å². The average molecular weight is 293 g/mol. The second-order valence-electron chi connectivity index (χ2n) is 5.24. The zero-order valence-electron chi connectivity index (χ0n) is 12.6. The molecule has 0 bridgehead atoms. The van der Waals surface area contributed by atoms with Crippen molar-refractivity contribution >= 4 is 11.7 Å². The van der Waals surface area contributed by atoms with E-state index in [0.717, 1.165) is 25.7 Å². The second kappa shape index (κ2) is 7.31. The van der Waals surface area contributed by atoms with Gasteiger partial charge in [0.1, 0.15) is 17.4 Å². The lowest BCUT2D eigenvalue weighted by atomic mass is 9.95. The van der Waals surface area contributed by atoms with Crippen molar-refractivity contribution in [1.82, 2.24) is 0 Å². The first-order chi connectivity index (χ1) is 10.1. The zero-order chi connectivity index (χ0) is 15.2. The summed E-state index contributed by atoms with van der Waals surface area (Å²) in [5, 5.41) is 0. The lowest BCUT2D eigenvalue weighted by Gasteiger charge is -2.29. The molecule has 21 heavy (non-hydrogen) atoms. The SMILES string of the molecule is CCOC(=O)c1cc(N)ccc1OC1CCCC(OC)C1. The molecule has 5 nitrogen and oxygen atoms in total. The van der Waals surface area contributed by atoms with E-state index in [1.165, 1.54) is 0 Å². The van der Waals surface area contributed by atoms with Crippen LogP contribution in [-0.2, 0) is 9.47 Å². The molecule has 5 heteroatoms. The maximum atomic E-state index is 12.0. The number of anilines is 1. The van der Waals surface area contributed by atoms with Crippen LogP contribution in [0.3, 0.4) is 0 Å². The third-order valence-electron chi connectivity index (χ3n) is 3.70. The van der Waals surface area contributed by atoms with E-state index < -0.39 is 5.97 Å². The predicted octanol–water partition coefficient (Wildman–Crippen LogP) is 2.78. The second-order valence-corrected chi connectivity index (χ2v) is 5.24. The summed E-state index contributed by atoms with van der Waals surface area (Å²) < 4.78 is 16.5. The fraction of sp³-hybridized carbons (Fsp3) is 0.562. The Labute approximate surface area is 125 Å². The van der Waals surface area contributed by atoms with Crippen LogP contribution in [0, 0.1) is 0 Å². The van der Waals surface area contributed by atoms with Gasteiger partial charge < -0.3 is 19.9 Å². The number of hydrogen-bond donors (Lipinski definition) is 1. The molecule has 2 N–H and O–H groups in total. The Morgan fingerprint density at radius 1 is 1.33 bits per heavy atom. The van der Waals surface area contributed by atoms with Gasteiger partial charge in [-0.1, -0.05) is 0 Å². The predicted molar refractivity (Wildman–Crippen MR) is 80.5 cm³/mol. The minimum atomic E-state index is -0.404. The van der Waals surface area contributed by atoms with Gasteiger partial charge in [0.05, 0.1) is 12.7 Å². The molecule has 0 aliphatic heterocycles. The molecule has 0 aromatic heterocycles. The number of rotatable bonds is 5. The van der Waals surface area contributed by atoms with Gasteiger partial charge in [0, 0.05) is 19.2 Å². The van der Waals surface area contributed by atoms with Crippen molar-refractivity contribution in [1.29, 1.82) is 0 Å². The molecule has 1 aromatic rings. The zero-order valence-corrected chi connectivity index (χ0v) is 12.6. The molecule has 2 unspecified atom stereocenters. The maximum Gasteiger partial charge on any atom is 0.341 e. The topological polar surface area (TPSA) is 70.8 Å². The van der Waals surface area contributed by atoms with Crippen molar-refractivity contribution < 1.29 is 19.0 Å². The number of nitrogen functional groups attached to an aromatic ring is 1. The maximum absolute atomic E-state index is 12.0. The molecule has 1 saturated carbocycles. The van der Waals surface area contributed by atoms with Crippen LogP contribution in [0.2, 0.25) is 0 Å². The Balaban J connectivity index is 2.13. The van der Waals surface area contributed by atoms with Crippen LogP contribution in [-0.4, -0.2) is 31.9 Å². The fourth-order valence-corrected chi connectivity index (χ4v) is 2.62. The molecular weight excluding hydrogens is 270 g/mol. The summed E-state index contributed by atoms with van der Waals surface area (Å²) in [7, 11) is 1.72. The van der Waals surface area contributed by atoms with E-state index >= 15 is 0 Å². The van der Waals surface area contributed by atoms with Gasteiger partial charge in [-0.3, -0.25) is 0 Å². The third kappa shape index (κ3) is 4.11. The van der Waals surface area contributed by atoms with E-state index in [9.17, 15) is 4.79 Å². The smallest absolute Gasteiger partial charge is 0.341 e. The Hall–Kier alpha value is -1.75. The summed E-state index contributed by atoms with van der Waals surface area (Å²) in [5.74, 6) is 0.128. The Morgan fingerprint density at radius 3 is 2.81 bits per heavy atom. The summed E-state index contributed by atoms with van der Waals surface area (Å²) >= 11 is 0. The number of carbonyl (C=O) groups is 1. The molecule has 0 radical (unpaired) electrons. The molecule has 1 aromatic carbocycles. The summed E-state index contributed by atoms with van der Waals surface area (Å²) in [5.41, 5.74) is 6.66. The van der Waals surface area contributed by atoms with Crippen LogP contribution >= 0.6 is 0 Å². The first-order valence-corrected chi connectivity index (χ1v) is 7.40. The first kappa shape index (κ1) is 15.6. The molecule has 1 aliphatic carbocycles. The van der Waals surface area contributed by atoms with E-state index in [-0.39, 0.29) is 12.2 Å². The van der Waals surface area contributed by atoms with Gasteiger partial charge in [0.2, 0.25) is 0 Å². The van der Waals surface area contributed by atoms with Crippen molar-refractivity contribution in [3.63, 3.8) is 0 Å². The fourth-order valence-electron chi connectivity index (χ4n) is 2.62. The summed E-state index contributed by atoms with van der Waals surface area (Å²) in [6, 6.07) is 5.07. The van der Waals surface area contributed by atoms with Gasteiger partial charge in [-0.15, -0.1) is 0 Å². The average Bonchev–Trinajstić information content (AvgIpc) is 2.49. The number of methoxy groups -OCH3 is 1. The first-order valence-electron chi connectivity index (χ1n) is 7.40. The Morgan fingerprint density at radius 2 is 2.10 bits per heavy atom. The van der Waals surface area contributed by atoms with Gasteiger partial charge in [0.25, 0.3) is 0 Å². The van der Waals surface area contributed by atoms with E-state index in [2.05, 4.69) is 0 Å². The largest absolute Gasteiger partial charge is 0.489 e. The molecule has 116 valence electrons. The summed E-state index contributed by atoms with van der Waals surface area (Å²) in [4.78, 5) is 12.0. The quantitative estimate of drug-likeness (QED) is 0.667. The van der Waals surface area contributed by atoms with E-state index in [4.69, 9.17) is 19.9 Å². The van der Waals surface area contributed by atoms with Crippen LogP contribution in [0.1, 0.15) is 43.0 Å². The number of nitrogens with two attached hydrogens (primary N) is 1. The normalized spacial score (nSPS) is 21.8. The van der Waals surface area contributed by atoms with Crippen LogP contribution in [0.25, 0.3) is 0 Å². The molecule has 0 saturated heterocycles. The standard InChI is InChI=1S/C16H23NO4/c1-3-20-16(18)14-9-11(17)7-8-15(14)21-13-6-4-5-12(10-13)19-2/h7-9,12-13H,3-6,10,17H2,1-2H3. The molecular formula is C16H23NO4. The van der Waals surface area contributed by atoms with E-state index in [1.807, 2.05) is 0 Å². The van der Waals surface area contributed by atoms with Gasteiger partial charge in [-0.2, -0.15) is 0 Å². The number of benzene rings is 1. The highest BCUT2D eigenvalue weighted by molar-refractivity contribution is 5.93. The molecule has 0 heterocycles. The molecule has 2 atom stereocenters. The van der Waals surface area contributed by atoms with Crippen molar-refractivity contribution in [2.24, 2.45) is 0 Å². The number of carbonyl (C=O) groups excluding carboxylic acids is 1. The monoisotopic (exact) mass is 293 g/mol. The number of ether oxygens (including phenoxy) is 3. The van der Waals surface area contributed by atoms with Crippen LogP contribution in [0.5, 0.6) is 5.75 Å². The van der Waals surface area contributed by atoms with Gasteiger partial charge in [-0.05, 0) is 44.4 Å². The van der Waals surface area contributed by atoms with Crippen molar-refractivity contribution in [2.45, 2.75) is 44.8 Å². The van der Waals surface area contributed by atoms with Crippen molar-refractivity contribution in [2.75, 3.05) is 19.5 Å². The summed E-state index contributed by atoms with van der Waals surface area (Å²) in [6.07, 6.45) is 4.20. The highest BCUT2D eigenvalue weighted by atomic mass is 16.5. The van der Waals surface area contributed by atoms with Crippen molar-refractivity contribution in [3.05, 3.63) is 23.8 Å². The van der Waals surface area contributed by atoms with Crippen LogP contribution in [0.15, 0.2) is 18.2 Å². The molecule has 1 aliphatic rings. The molecule has 0 spiro atoms. The van der Waals surface area contributed by atoms with Crippen LogP contribution in [0.4, 0.5) is 5.69 Å². The molecule has 1 fully saturated rings.